The third-order valence-corrected chi connectivity index (χ3v) is 4.11. The van der Waals surface area contributed by atoms with Crippen molar-refractivity contribution in [3.8, 4) is 0 Å². The van der Waals surface area contributed by atoms with Crippen LogP contribution in [0.25, 0.3) is 0 Å². The molecule has 1 N–H and O–H groups in total. The normalized spacial score (nSPS) is 10.6. The number of nitrogens with zero attached hydrogens (tertiary/aromatic N) is 4. The molecule has 0 bridgehead atoms. The third-order valence-electron chi connectivity index (χ3n) is 4.11. The summed E-state index contributed by atoms with van der Waals surface area (Å²) in [6, 6.07) is 14.6. The molecule has 0 spiro atoms. The lowest BCUT2D eigenvalue weighted by Crippen LogP contribution is -2.18. The molecule has 0 unspecified atom stereocenters. The van der Waals surface area contributed by atoms with E-state index < -0.39 is 0 Å². The van der Waals surface area contributed by atoms with Crippen LogP contribution in [0.5, 0.6) is 0 Å². The van der Waals surface area contributed by atoms with Gasteiger partial charge in [-0.15, -0.1) is 5.10 Å². The fraction of sp³-hybridized carbons (Fsp3) is 0.250. The van der Waals surface area contributed by atoms with Gasteiger partial charge in [-0.2, -0.15) is 10.1 Å². The van der Waals surface area contributed by atoms with Crippen LogP contribution in [0.2, 0.25) is 0 Å². The predicted octanol–water partition coefficient (Wildman–Crippen LogP) is 4.18. The van der Waals surface area contributed by atoms with Crippen molar-refractivity contribution in [1.29, 1.82) is 0 Å². The second kappa shape index (κ2) is 7.30. The topological polar surface area (TPSA) is 53.9 Å². The van der Waals surface area contributed by atoms with E-state index >= 15 is 0 Å². The van der Waals surface area contributed by atoms with Gasteiger partial charge in [-0.05, 0) is 37.5 Å². The summed E-state index contributed by atoms with van der Waals surface area (Å²) in [5.41, 5.74) is 5.85. The molecule has 25 heavy (non-hydrogen) atoms. The maximum Gasteiger partial charge on any atom is 0.249 e. The van der Waals surface area contributed by atoms with E-state index in [1.54, 1.807) is 6.20 Å². The molecule has 0 aliphatic rings. The summed E-state index contributed by atoms with van der Waals surface area (Å²) in [6.07, 6.45) is 1.68. The van der Waals surface area contributed by atoms with Gasteiger partial charge < -0.3 is 10.2 Å². The van der Waals surface area contributed by atoms with E-state index in [2.05, 4.69) is 70.4 Å². The number of nitrogens with one attached hydrogen (secondary N) is 1. The fourth-order valence-electron chi connectivity index (χ4n) is 2.96. The van der Waals surface area contributed by atoms with Crippen LogP contribution in [-0.4, -0.2) is 22.2 Å². The molecule has 0 aliphatic carbocycles. The van der Waals surface area contributed by atoms with Crippen molar-refractivity contribution in [2.24, 2.45) is 0 Å². The molecular formula is C20H23N5. The predicted molar refractivity (Wildman–Crippen MR) is 102 cm³/mol. The largest absolute Gasteiger partial charge is 0.354 e. The quantitative estimate of drug-likeness (QED) is 0.759. The van der Waals surface area contributed by atoms with Crippen molar-refractivity contribution in [3.05, 3.63) is 70.9 Å². The summed E-state index contributed by atoms with van der Waals surface area (Å²) in [7, 11) is 2.00. The Balaban J connectivity index is 1.80. The van der Waals surface area contributed by atoms with Crippen molar-refractivity contribution in [1.82, 2.24) is 15.2 Å². The highest BCUT2D eigenvalue weighted by Gasteiger charge is 2.09. The summed E-state index contributed by atoms with van der Waals surface area (Å²) in [5, 5.41) is 11.5. The zero-order valence-electron chi connectivity index (χ0n) is 15.1. The third kappa shape index (κ3) is 4.12. The van der Waals surface area contributed by atoms with Gasteiger partial charge in [-0.3, -0.25) is 0 Å². The molecule has 5 heteroatoms. The number of hydrogen-bond acceptors (Lipinski definition) is 5. The smallest absolute Gasteiger partial charge is 0.249 e. The first-order chi connectivity index (χ1) is 12.0. The van der Waals surface area contributed by atoms with E-state index in [4.69, 9.17) is 0 Å². The van der Waals surface area contributed by atoms with E-state index in [1.807, 2.05) is 25.2 Å². The molecule has 1 aromatic heterocycles. The van der Waals surface area contributed by atoms with Gasteiger partial charge in [0.1, 0.15) is 0 Å². The maximum atomic E-state index is 4.61. The van der Waals surface area contributed by atoms with Crippen molar-refractivity contribution >= 4 is 17.5 Å². The van der Waals surface area contributed by atoms with Gasteiger partial charge in [0.05, 0.1) is 6.20 Å². The minimum atomic E-state index is 0.507. The van der Waals surface area contributed by atoms with Gasteiger partial charge in [-0.1, -0.05) is 48.0 Å². The fourth-order valence-corrected chi connectivity index (χ4v) is 2.96. The van der Waals surface area contributed by atoms with Crippen LogP contribution < -0.4 is 10.2 Å². The van der Waals surface area contributed by atoms with Crippen molar-refractivity contribution in [3.63, 3.8) is 0 Å². The molecule has 1 heterocycles. The second-order valence-corrected chi connectivity index (χ2v) is 6.38. The summed E-state index contributed by atoms with van der Waals surface area (Å²) in [4.78, 5) is 6.67. The molecule has 0 saturated carbocycles. The van der Waals surface area contributed by atoms with Crippen LogP contribution in [0, 0.1) is 20.8 Å². The Hall–Kier alpha value is -2.95. The molecule has 0 fully saturated rings. The van der Waals surface area contributed by atoms with Crippen LogP contribution in [0.4, 0.5) is 17.5 Å². The van der Waals surface area contributed by atoms with E-state index in [0.717, 1.165) is 18.1 Å². The van der Waals surface area contributed by atoms with Crippen LogP contribution in [-0.2, 0) is 6.54 Å². The molecule has 0 radical (unpaired) electrons. The lowest BCUT2D eigenvalue weighted by atomic mass is 10.1. The molecule has 3 rings (SSSR count). The van der Waals surface area contributed by atoms with Gasteiger partial charge in [0.15, 0.2) is 5.82 Å². The van der Waals surface area contributed by atoms with Crippen LogP contribution >= 0.6 is 0 Å². The van der Waals surface area contributed by atoms with Gasteiger partial charge in [0, 0.05) is 19.3 Å². The van der Waals surface area contributed by atoms with E-state index in [9.17, 15) is 0 Å². The van der Waals surface area contributed by atoms with Crippen molar-refractivity contribution < 1.29 is 0 Å². The monoisotopic (exact) mass is 333 g/mol. The average Bonchev–Trinajstić information content (AvgIpc) is 2.59. The minimum Gasteiger partial charge on any atom is -0.354 e. The lowest BCUT2D eigenvalue weighted by molar-refractivity contribution is 0.866. The van der Waals surface area contributed by atoms with E-state index in [1.165, 1.54) is 22.3 Å². The van der Waals surface area contributed by atoms with Crippen molar-refractivity contribution in [2.45, 2.75) is 27.3 Å². The Kier molecular flexibility index (Phi) is 4.93. The number of anilines is 3. The van der Waals surface area contributed by atoms with Crippen LogP contribution in [0.1, 0.15) is 22.3 Å². The SMILES string of the molecule is Cc1cc(C)c(Nc2nncc(N(C)Cc3ccccc3)n2)c(C)c1. The number of benzene rings is 2. The van der Waals surface area contributed by atoms with Gasteiger partial charge in [-0.25, -0.2) is 0 Å². The molecular weight excluding hydrogens is 310 g/mol. The number of hydrogen-bond donors (Lipinski definition) is 1. The average molecular weight is 333 g/mol. The highest BCUT2D eigenvalue weighted by atomic mass is 15.3. The zero-order valence-corrected chi connectivity index (χ0v) is 15.1. The number of aromatic nitrogens is 3. The summed E-state index contributed by atoms with van der Waals surface area (Å²) in [6.45, 7) is 7.03. The molecule has 3 aromatic rings. The van der Waals surface area contributed by atoms with Gasteiger partial charge >= 0.3 is 0 Å². The molecule has 0 amide bonds. The Labute approximate surface area is 148 Å². The number of rotatable bonds is 5. The molecule has 0 saturated heterocycles. The van der Waals surface area contributed by atoms with E-state index in [-0.39, 0.29) is 0 Å². The van der Waals surface area contributed by atoms with Crippen molar-refractivity contribution in [2.75, 3.05) is 17.3 Å². The maximum absolute atomic E-state index is 4.61. The van der Waals surface area contributed by atoms with Gasteiger partial charge in [0.25, 0.3) is 0 Å². The van der Waals surface area contributed by atoms with Crippen LogP contribution in [0.15, 0.2) is 48.7 Å². The molecule has 5 nitrogen and oxygen atoms in total. The first-order valence-electron chi connectivity index (χ1n) is 8.32. The number of aryl methyl sites for hydroxylation is 3. The Bertz CT molecular complexity index is 838. The molecule has 2 aromatic carbocycles. The summed E-state index contributed by atoms with van der Waals surface area (Å²) >= 11 is 0. The Morgan fingerprint density at radius 2 is 1.68 bits per heavy atom. The summed E-state index contributed by atoms with van der Waals surface area (Å²) < 4.78 is 0. The lowest BCUT2D eigenvalue weighted by Gasteiger charge is -2.18. The summed E-state index contributed by atoms with van der Waals surface area (Å²) in [5.74, 6) is 1.29. The first kappa shape index (κ1) is 16.9. The molecule has 0 atom stereocenters. The highest BCUT2D eigenvalue weighted by molar-refractivity contribution is 5.64. The first-order valence-corrected chi connectivity index (χ1v) is 8.32. The Morgan fingerprint density at radius 3 is 2.36 bits per heavy atom. The molecule has 0 aliphatic heterocycles. The van der Waals surface area contributed by atoms with Gasteiger partial charge in [0.2, 0.25) is 5.95 Å². The zero-order chi connectivity index (χ0) is 17.8. The Morgan fingerprint density at radius 1 is 1.00 bits per heavy atom. The standard InChI is InChI=1S/C20H23N5/c1-14-10-15(2)19(16(3)11-14)23-20-22-18(12-21-24-20)25(4)13-17-8-6-5-7-9-17/h5-12H,13H2,1-4H3,(H,22,23,24). The van der Waals surface area contributed by atoms with Crippen LogP contribution in [0.3, 0.4) is 0 Å². The second-order valence-electron chi connectivity index (χ2n) is 6.38. The van der Waals surface area contributed by atoms with E-state index in [0.29, 0.717) is 5.95 Å². The molecule has 128 valence electrons. The minimum absolute atomic E-state index is 0.507. The highest BCUT2D eigenvalue weighted by Crippen LogP contribution is 2.24.